The average Bonchev–Trinajstić information content (AvgIpc) is 2.63. The fourth-order valence-electron chi connectivity index (χ4n) is 3.86. The van der Waals surface area contributed by atoms with Gasteiger partial charge in [0.25, 0.3) is 0 Å². The van der Waals surface area contributed by atoms with E-state index in [0.717, 1.165) is 39.8 Å². The van der Waals surface area contributed by atoms with Crippen molar-refractivity contribution in [1.82, 2.24) is 0 Å². The third-order valence-corrected chi connectivity index (χ3v) is 5.81. The second-order valence-electron chi connectivity index (χ2n) is 6.65. The number of hydrogen-bond donors (Lipinski definition) is 0. The normalized spacial score (nSPS) is 20.4. The second-order valence-corrected chi connectivity index (χ2v) is 8.00. The van der Waals surface area contributed by atoms with E-state index in [4.69, 9.17) is 11.6 Å². The summed E-state index contributed by atoms with van der Waals surface area (Å²) in [6.45, 7) is 0. The smallest absolute Gasteiger partial charge is 0.232 e. The zero-order chi connectivity index (χ0) is 18.3. The fourth-order valence-corrected chi connectivity index (χ4v) is 4.25. The number of amides is 1. The van der Waals surface area contributed by atoms with Crippen molar-refractivity contribution >= 4 is 44.9 Å². The number of rotatable bonds is 2. The molecule has 1 unspecified atom stereocenters. The summed E-state index contributed by atoms with van der Waals surface area (Å²) >= 11 is 9.43. The van der Waals surface area contributed by atoms with Crippen molar-refractivity contribution in [3.63, 3.8) is 0 Å². The maximum Gasteiger partial charge on any atom is 0.232 e. The Balaban J connectivity index is 1.84. The van der Waals surface area contributed by atoms with Crippen LogP contribution in [0, 0.1) is 0 Å². The number of anilines is 1. The molecule has 26 heavy (non-hydrogen) atoms. The lowest BCUT2D eigenvalue weighted by Gasteiger charge is -2.38. The highest BCUT2D eigenvalue weighted by atomic mass is 79.9. The number of carbonyl (C=O) groups excluding carboxylic acids is 2. The largest absolute Gasteiger partial charge is 0.294 e. The number of halogens is 2. The minimum Gasteiger partial charge on any atom is -0.294 e. The van der Waals surface area contributed by atoms with Crippen LogP contribution in [0.25, 0.3) is 0 Å². The van der Waals surface area contributed by atoms with Crippen molar-refractivity contribution in [2.75, 3.05) is 4.90 Å². The fraction of sp³-hybridized carbons (Fsp3) is 0.238. The summed E-state index contributed by atoms with van der Waals surface area (Å²) in [5.74, 6) is -0.00389. The minimum absolute atomic E-state index is 0.0284. The SMILES string of the molecule is O=C1CCCC2=C1C(c1ccc(Cl)cc1)CC(=O)N2c1ccc(Br)cc1. The Hall–Kier alpha value is -1.91. The van der Waals surface area contributed by atoms with E-state index in [9.17, 15) is 9.59 Å². The molecule has 3 nitrogen and oxygen atoms in total. The van der Waals surface area contributed by atoms with E-state index in [1.165, 1.54) is 0 Å². The molecular formula is C21H17BrClNO2. The lowest BCUT2D eigenvalue weighted by molar-refractivity contribution is -0.119. The molecule has 132 valence electrons. The zero-order valence-electron chi connectivity index (χ0n) is 14.0. The molecule has 0 N–H and O–H groups in total. The second kappa shape index (κ2) is 7.01. The molecule has 2 aromatic carbocycles. The van der Waals surface area contributed by atoms with Crippen molar-refractivity contribution in [2.24, 2.45) is 0 Å². The quantitative estimate of drug-likeness (QED) is 0.619. The van der Waals surface area contributed by atoms with Crippen LogP contribution < -0.4 is 4.90 Å². The van der Waals surface area contributed by atoms with Crippen LogP contribution in [0.15, 0.2) is 64.3 Å². The molecule has 2 aromatic rings. The molecular weight excluding hydrogens is 414 g/mol. The number of allylic oxidation sites excluding steroid dienone is 2. The van der Waals surface area contributed by atoms with Crippen molar-refractivity contribution in [3.8, 4) is 0 Å². The summed E-state index contributed by atoms with van der Waals surface area (Å²) in [6, 6.07) is 15.1. The summed E-state index contributed by atoms with van der Waals surface area (Å²) in [5.41, 5.74) is 3.44. The summed E-state index contributed by atoms with van der Waals surface area (Å²) < 4.78 is 0.957. The minimum atomic E-state index is -0.186. The van der Waals surface area contributed by atoms with Crippen LogP contribution in [-0.2, 0) is 9.59 Å². The molecule has 1 amide bonds. The number of Topliss-reactive ketones (excluding diaryl/α,β-unsaturated/α-hetero) is 1. The van der Waals surface area contributed by atoms with Crippen LogP contribution in [0.5, 0.6) is 0 Å². The Morgan fingerprint density at radius 3 is 2.35 bits per heavy atom. The Morgan fingerprint density at radius 1 is 0.962 bits per heavy atom. The van der Waals surface area contributed by atoms with Gasteiger partial charge >= 0.3 is 0 Å². The summed E-state index contributed by atoms with van der Waals surface area (Å²) in [6.07, 6.45) is 2.37. The van der Waals surface area contributed by atoms with Gasteiger partial charge in [0.15, 0.2) is 5.78 Å². The molecule has 0 saturated carbocycles. The van der Waals surface area contributed by atoms with Gasteiger partial charge in [-0.1, -0.05) is 39.7 Å². The highest BCUT2D eigenvalue weighted by Crippen LogP contribution is 2.43. The van der Waals surface area contributed by atoms with E-state index in [1.54, 1.807) is 4.90 Å². The van der Waals surface area contributed by atoms with Gasteiger partial charge in [0, 0.05) is 45.2 Å². The Kier molecular flexibility index (Phi) is 4.72. The number of nitrogens with zero attached hydrogens (tertiary/aromatic N) is 1. The first kappa shape index (κ1) is 17.5. The number of benzene rings is 2. The standard InChI is InChI=1S/C21H17BrClNO2/c22-14-6-10-16(11-7-14)24-18-2-1-3-19(25)21(18)17(12-20(24)26)13-4-8-15(23)9-5-13/h4-11,17H,1-3,12H2. The molecule has 0 spiro atoms. The summed E-state index contributed by atoms with van der Waals surface area (Å²) in [5, 5.41) is 0.650. The molecule has 0 bridgehead atoms. The van der Waals surface area contributed by atoms with Crippen molar-refractivity contribution < 1.29 is 9.59 Å². The van der Waals surface area contributed by atoms with Crippen molar-refractivity contribution in [1.29, 1.82) is 0 Å². The van der Waals surface area contributed by atoms with E-state index >= 15 is 0 Å². The van der Waals surface area contributed by atoms with Crippen LogP contribution >= 0.6 is 27.5 Å². The monoisotopic (exact) mass is 429 g/mol. The van der Waals surface area contributed by atoms with Crippen LogP contribution in [0.2, 0.25) is 5.02 Å². The first-order valence-corrected chi connectivity index (χ1v) is 9.82. The van der Waals surface area contributed by atoms with Crippen molar-refractivity contribution in [3.05, 3.63) is 74.9 Å². The lowest BCUT2D eigenvalue weighted by atomic mass is 9.77. The van der Waals surface area contributed by atoms with Crippen LogP contribution in [0.1, 0.15) is 37.2 Å². The maximum atomic E-state index is 13.0. The molecule has 0 saturated heterocycles. The topological polar surface area (TPSA) is 37.4 Å². The van der Waals surface area contributed by atoms with Crippen LogP contribution in [-0.4, -0.2) is 11.7 Å². The van der Waals surface area contributed by atoms with Crippen LogP contribution in [0.4, 0.5) is 5.69 Å². The van der Waals surface area contributed by atoms with Crippen molar-refractivity contribution in [2.45, 2.75) is 31.6 Å². The van der Waals surface area contributed by atoms with E-state index in [1.807, 2.05) is 48.5 Å². The van der Waals surface area contributed by atoms with Gasteiger partial charge in [-0.05, 0) is 54.8 Å². The summed E-state index contributed by atoms with van der Waals surface area (Å²) in [7, 11) is 0. The van der Waals surface area contributed by atoms with Gasteiger partial charge in [-0.2, -0.15) is 0 Å². The van der Waals surface area contributed by atoms with E-state index < -0.39 is 0 Å². The molecule has 0 fully saturated rings. The Bertz CT molecular complexity index is 903. The molecule has 5 heteroatoms. The molecule has 0 aromatic heterocycles. The van der Waals surface area contributed by atoms with Gasteiger partial charge in [-0.25, -0.2) is 0 Å². The van der Waals surface area contributed by atoms with Gasteiger partial charge < -0.3 is 0 Å². The third-order valence-electron chi connectivity index (χ3n) is 5.03. The highest BCUT2D eigenvalue weighted by Gasteiger charge is 2.39. The van der Waals surface area contributed by atoms with Gasteiger partial charge in [-0.3, -0.25) is 14.5 Å². The predicted molar refractivity (Wildman–Crippen MR) is 106 cm³/mol. The molecule has 1 aliphatic heterocycles. The Labute approximate surface area is 165 Å². The van der Waals surface area contributed by atoms with E-state index in [-0.39, 0.29) is 17.6 Å². The van der Waals surface area contributed by atoms with Gasteiger partial charge in [-0.15, -0.1) is 0 Å². The van der Waals surface area contributed by atoms with Gasteiger partial charge in [0.1, 0.15) is 0 Å². The zero-order valence-corrected chi connectivity index (χ0v) is 16.4. The molecule has 0 radical (unpaired) electrons. The van der Waals surface area contributed by atoms with Gasteiger partial charge in [0.05, 0.1) is 0 Å². The average molecular weight is 431 g/mol. The predicted octanol–water partition coefficient (Wildman–Crippen LogP) is 5.63. The number of carbonyl (C=O) groups is 2. The molecule has 1 aliphatic carbocycles. The number of hydrogen-bond acceptors (Lipinski definition) is 2. The summed E-state index contributed by atoms with van der Waals surface area (Å²) in [4.78, 5) is 27.6. The first-order valence-electron chi connectivity index (χ1n) is 8.65. The van der Waals surface area contributed by atoms with Gasteiger partial charge in [0.2, 0.25) is 5.91 Å². The molecule has 4 rings (SSSR count). The third kappa shape index (κ3) is 3.12. The first-order chi connectivity index (χ1) is 12.5. The van der Waals surface area contributed by atoms with E-state index in [0.29, 0.717) is 17.9 Å². The van der Waals surface area contributed by atoms with E-state index in [2.05, 4.69) is 15.9 Å². The molecule has 2 aliphatic rings. The lowest BCUT2D eigenvalue weighted by Crippen LogP contribution is -2.40. The Morgan fingerprint density at radius 2 is 1.65 bits per heavy atom. The van der Waals surface area contributed by atoms with Crippen LogP contribution in [0.3, 0.4) is 0 Å². The molecule has 1 atom stereocenters. The maximum absolute atomic E-state index is 13.0. The highest BCUT2D eigenvalue weighted by molar-refractivity contribution is 9.10. The molecule has 1 heterocycles. The number of ketones is 1.